The van der Waals surface area contributed by atoms with Gasteiger partial charge in [0.2, 0.25) is 0 Å². The molecule has 21 heavy (non-hydrogen) atoms. The first-order valence-electron chi connectivity index (χ1n) is 6.79. The van der Waals surface area contributed by atoms with Crippen molar-refractivity contribution in [2.45, 2.75) is 26.7 Å². The van der Waals surface area contributed by atoms with E-state index in [0.717, 1.165) is 6.07 Å². The van der Waals surface area contributed by atoms with Crippen LogP contribution < -0.4 is 5.73 Å². The van der Waals surface area contributed by atoms with Crippen molar-refractivity contribution in [3.63, 3.8) is 0 Å². The van der Waals surface area contributed by atoms with Crippen molar-refractivity contribution in [1.29, 1.82) is 0 Å². The van der Waals surface area contributed by atoms with E-state index in [1.54, 1.807) is 4.90 Å². The van der Waals surface area contributed by atoms with Gasteiger partial charge in [-0.2, -0.15) is 0 Å². The van der Waals surface area contributed by atoms with Crippen molar-refractivity contribution in [3.8, 4) is 0 Å². The van der Waals surface area contributed by atoms with E-state index in [9.17, 15) is 13.6 Å². The van der Waals surface area contributed by atoms with Crippen LogP contribution in [0.15, 0.2) is 12.1 Å². The monoisotopic (exact) mass is 312 g/mol. The van der Waals surface area contributed by atoms with Gasteiger partial charge >= 0.3 is 0 Å². The van der Waals surface area contributed by atoms with E-state index < -0.39 is 17.5 Å². The zero-order valence-electron chi connectivity index (χ0n) is 12.1. The van der Waals surface area contributed by atoms with Gasteiger partial charge in [0.05, 0.1) is 10.6 Å². The first kappa shape index (κ1) is 15.8. The number of halogens is 2. The van der Waals surface area contributed by atoms with Crippen LogP contribution in [0.5, 0.6) is 0 Å². The van der Waals surface area contributed by atoms with Crippen molar-refractivity contribution in [2.24, 2.45) is 11.1 Å². The molecule has 0 aliphatic carbocycles. The average Bonchev–Trinajstić information content (AvgIpc) is 2.43. The Morgan fingerprint density at radius 2 is 1.86 bits per heavy atom. The number of hydrogen-bond acceptors (Lipinski definition) is 2. The van der Waals surface area contributed by atoms with Crippen molar-refractivity contribution in [3.05, 3.63) is 34.9 Å². The SMILES string of the molecule is Cc1cc(C(=O)N2CCC(C)(C(N)=S)CC2)c(F)cc1F. The first-order valence-corrected chi connectivity index (χ1v) is 7.20. The van der Waals surface area contributed by atoms with Crippen molar-refractivity contribution >= 4 is 23.1 Å². The molecule has 1 fully saturated rings. The number of likely N-dealkylation sites (tertiary alicyclic amines) is 1. The van der Waals surface area contributed by atoms with Gasteiger partial charge in [-0.15, -0.1) is 0 Å². The Morgan fingerprint density at radius 1 is 1.29 bits per heavy atom. The predicted molar refractivity (Wildman–Crippen MR) is 81.1 cm³/mol. The Morgan fingerprint density at radius 3 is 2.38 bits per heavy atom. The summed E-state index contributed by atoms with van der Waals surface area (Å²) in [5.74, 6) is -1.89. The molecular formula is C15H18F2N2OS. The number of carbonyl (C=O) groups excluding carboxylic acids is 1. The van der Waals surface area contributed by atoms with Crippen molar-refractivity contribution in [1.82, 2.24) is 4.90 Å². The molecule has 1 aromatic carbocycles. The molecule has 2 rings (SSSR count). The van der Waals surface area contributed by atoms with Gasteiger partial charge in [-0.05, 0) is 31.4 Å². The second kappa shape index (κ2) is 5.67. The Labute approximate surface area is 128 Å². The van der Waals surface area contributed by atoms with E-state index in [-0.39, 0.29) is 16.5 Å². The van der Waals surface area contributed by atoms with Crippen molar-refractivity contribution in [2.75, 3.05) is 13.1 Å². The molecule has 2 N–H and O–H groups in total. The third-order valence-corrected chi connectivity index (χ3v) is 4.72. The first-order chi connectivity index (χ1) is 9.74. The van der Waals surface area contributed by atoms with Gasteiger partial charge in [0.15, 0.2) is 0 Å². The van der Waals surface area contributed by atoms with E-state index in [1.165, 1.54) is 13.0 Å². The summed E-state index contributed by atoms with van der Waals surface area (Å²) in [5.41, 5.74) is 5.62. The minimum absolute atomic E-state index is 0.0900. The number of rotatable bonds is 2. The number of amides is 1. The predicted octanol–water partition coefficient (Wildman–Crippen LogP) is 2.80. The molecule has 1 heterocycles. The molecule has 1 aromatic rings. The van der Waals surface area contributed by atoms with Crippen LogP contribution in [0.25, 0.3) is 0 Å². The van der Waals surface area contributed by atoms with Crippen molar-refractivity contribution < 1.29 is 13.6 Å². The second-order valence-corrected chi connectivity index (χ2v) is 6.24. The number of carbonyl (C=O) groups is 1. The normalized spacial score (nSPS) is 17.6. The van der Waals surface area contributed by atoms with Gasteiger partial charge in [0.1, 0.15) is 11.6 Å². The highest BCUT2D eigenvalue weighted by Gasteiger charge is 2.35. The zero-order valence-corrected chi connectivity index (χ0v) is 12.9. The van der Waals surface area contributed by atoms with Crippen LogP contribution in [0.3, 0.4) is 0 Å². The highest BCUT2D eigenvalue weighted by Crippen LogP contribution is 2.32. The van der Waals surface area contributed by atoms with E-state index in [1.807, 2.05) is 6.92 Å². The minimum atomic E-state index is -0.828. The van der Waals surface area contributed by atoms with Gasteiger partial charge in [-0.25, -0.2) is 8.78 Å². The number of nitrogens with zero attached hydrogens (tertiary/aromatic N) is 1. The summed E-state index contributed by atoms with van der Waals surface area (Å²) in [5, 5.41) is 0. The molecule has 114 valence electrons. The number of hydrogen-bond donors (Lipinski definition) is 1. The molecule has 0 spiro atoms. The lowest BCUT2D eigenvalue weighted by molar-refractivity contribution is 0.0665. The molecule has 0 unspecified atom stereocenters. The van der Waals surface area contributed by atoms with Gasteiger partial charge < -0.3 is 10.6 Å². The van der Waals surface area contributed by atoms with Gasteiger partial charge in [-0.1, -0.05) is 19.1 Å². The van der Waals surface area contributed by atoms with E-state index >= 15 is 0 Å². The highest BCUT2D eigenvalue weighted by atomic mass is 32.1. The summed E-state index contributed by atoms with van der Waals surface area (Å²) in [4.78, 5) is 14.4. The summed E-state index contributed by atoms with van der Waals surface area (Å²) >= 11 is 5.05. The number of thiocarbonyl (C=S) groups is 1. The zero-order chi connectivity index (χ0) is 15.8. The number of nitrogens with two attached hydrogens (primary N) is 1. The molecule has 1 amide bonds. The molecule has 1 saturated heterocycles. The van der Waals surface area contributed by atoms with Crippen LogP contribution in [0.4, 0.5) is 8.78 Å². The fourth-order valence-electron chi connectivity index (χ4n) is 2.44. The number of aryl methyl sites for hydroxylation is 1. The third kappa shape index (κ3) is 3.05. The molecule has 0 atom stereocenters. The van der Waals surface area contributed by atoms with Gasteiger partial charge in [0.25, 0.3) is 5.91 Å². The summed E-state index contributed by atoms with van der Waals surface area (Å²) in [6, 6.07) is 2.01. The second-order valence-electron chi connectivity index (χ2n) is 5.80. The maximum Gasteiger partial charge on any atom is 0.256 e. The standard InChI is InChI=1S/C15H18F2N2OS/c1-9-7-10(12(17)8-11(9)16)13(20)19-5-3-15(2,4-6-19)14(18)21/h7-8H,3-6H2,1-2H3,(H2,18,21). The maximum atomic E-state index is 13.8. The molecule has 0 saturated carbocycles. The Kier molecular flexibility index (Phi) is 4.27. The lowest BCUT2D eigenvalue weighted by Crippen LogP contribution is -2.46. The maximum absolute atomic E-state index is 13.8. The fourth-order valence-corrected chi connectivity index (χ4v) is 2.65. The van der Waals surface area contributed by atoms with Crippen LogP contribution in [-0.4, -0.2) is 28.9 Å². The Balaban J connectivity index is 2.16. The summed E-state index contributed by atoms with van der Waals surface area (Å²) in [6.45, 7) is 4.40. The van der Waals surface area contributed by atoms with E-state index in [2.05, 4.69) is 0 Å². The average molecular weight is 312 g/mol. The molecule has 0 radical (unpaired) electrons. The number of piperidine rings is 1. The quantitative estimate of drug-likeness (QED) is 0.854. The van der Waals surface area contributed by atoms with Crippen LogP contribution in [0.2, 0.25) is 0 Å². The Hall–Kier alpha value is -1.56. The summed E-state index contributed by atoms with van der Waals surface area (Å²) < 4.78 is 27.1. The van der Waals surface area contributed by atoms with Crippen LogP contribution in [0, 0.1) is 24.0 Å². The third-order valence-electron chi connectivity index (χ3n) is 4.23. The summed E-state index contributed by atoms with van der Waals surface area (Å²) in [6.07, 6.45) is 1.30. The van der Waals surface area contributed by atoms with Crippen LogP contribution in [0.1, 0.15) is 35.7 Å². The molecule has 1 aliphatic heterocycles. The molecule has 0 aromatic heterocycles. The van der Waals surface area contributed by atoms with E-state index in [0.29, 0.717) is 30.9 Å². The van der Waals surface area contributed by atoms with Gasteiger partial charge in [0, 0.05) is 24.6 Å². The Bertz CT molecular complexity index is 596. The topological polar surface area (TPSA) is 46.3 Å². The lowest BCUT2D eigenvalue weighted by atomic mass is 9.80. The summed E-state index contributed by atoms with van der Waals surface area (Å²) in [7, 11) is 0. The van der Waals surface area contributed by atoms with Crippen LogP contribution >= 0.6 is 12.2 Å². The largest absolute Gasteiger partial charge is 0.393 e. The smallest absolute Gasteiger partial charge is 0.256 e. The van der Waals surface area contributed by atoms with Gasteiger partial charge in [-0.3, -0.25) is 4.79 Å². The van der Waals surface area contributed by atoms with Crippen LogP contribution in [-0.2, 0) is 0 Å². The fraction of sp³-hybridized carbons (Fsp3) is 0.467. The van der Waals surface area contributed by atoms with E-state index in [4.69, 9.17) is 18.0 Å². The molecule has 0 bridgehead atoms. The lowest BCUT2D eigenvalue weighted by Gasteiger charge is -2.38. The minimum Gasteiger partial charge on any atom is -0.393 e. The molecule has 3 nitrogen and oxygen atoms in total. The molecule has 1 aliphatic rings. The molecular weight excluding hydrogens is 294 g/mol. The highest BCUT2D eigenvalue weighted by molar-refractivity contribution is 7.80. The molecule has 6 heteroatoms. The number of benzene rings is 1.